The van der Waals surface area contributed by atoms with Crippen LogP contribution in [0.1, 0.15) is 47.0 Å². The highest BCUT2D eigenvalue weighted by atomic mass is 32.2. The van der Waals surface area contributed by atoms with Crippen LogP contribution in [-0.2, 0) is 14.8 Å². The number of carbonyl (C=O) groups excluding carboxylic acids is 1. The van der Waals surface area contributed by atoms with E-state index in [0.717, 1.165) is 17.1 Å². The molecule has 164 valence electrons. The van der Waals surface area contributed by atoms with E-state index in [1.807, 2.05) is 42.5 Å². The summed E-state index contributed by atoms with van der Waals surface area (Å²) >= 11 is 0. The molecule has 0 aromatic heterocycles. The molecule has 2 N–H and O–H groups in total. The fraction of sp³-hybridized carbons (Fsp3) is 0.435. The van der Waals surface area contributed by atoms with Crippen LogP contribution in [0.4, 0.5) is 17.1 Å². The first-order valence-electron chi connectivity index (χ1n) is 10.4. The molecule has 7 heteroatoms. The van der Waals surface area contributed by atoms with Gasteiger partial charge in [-0.05, 0) is 76.9 Å². The van der Waals surface area contributed by atoms with Crippen LogP contribution in [0.15, 0.2) is 54.6 Å². The summed E-state index contributed by atoms with van der Waals surface area (Å²) in [7, 11) is -3.24. The molecule has 2 aromatic carbocycles. The van der Waals surface area contributed by atoms with E-state index in [-0.39, 0.29) is 5.91 Å². The maximum Gasteiger partial charge on any atom is 0.224 e. The summed E-state index contributed by atoms with van der Waals surface area (Å²) in [5, 5.41) is 2.46. The van der Waals surface area contributed by atoms with Gasteiger partial charge in [-0.15, -0.1) is 0 Å². The molecule has 0 aliphatic rings. The zero-order chi connectivity index (χ0) is 22.1. The molecule has 0 fully saturated rings. The lowest BCUT2D eigenvalue weighted by Crippen LogP contribution is -2.31. The lowest BCUT2D eigenvalue weighted by molar-refractivity contribution is -0.116. The van der Waals surface area contributed by atoms with Crippen LogP contribution in [0.25, 0.3) is 0 Å². The van der Waals surface area contributed by atoms with Gasteiger partial charge >= 0.3 is 0 Å². The second-order valence-corrected chi connectivity index (χ2v) is 10.2. The number of benzene rings is 2. The van der Waals surface area contributed by atoms with Gasteiger partial charge < -0.3 is 10.2 Å². The van der Waals surface area contributed by atoms with Crippen LogP contribution in [0, 0.1) is 0 Å². The molecule has 0 radical (unpaired) electrons. The molecule has 30 heavy (non-hydrogen) atoms. The zero-order valence-corrected chi connectivity index (χ0v) is 19.1. The van der Waals surface area contributed by atoms with Gasteiger partial charge in [0.25, 0.3) is 0 Å². The molecule has 0 aliphatic heterocycles. The Hall–Kier alpha value is -2.38. The Balaban J connectivity index is 1.84. The molecule has 0 heterocycles. The van der Waals surface area contributed by atoms with Crippen molar-refractivity contribution in [1.82, 2.24) is 4.72 Å². The minimum Gasteiger partial charge on any atom is -0.339 e. The Morgan fingerprint density at radius 2 is 1.50 bits per heavy atom. The average Bonchev–Trinajstić information content (AvgIpc) is 2.69. The number of hydrogen-bond acceptors (Lipinski definition) is 4. The van der Waals surface area contributed by atoms with E-state index in [9.17, 15) is 13.2 Å². The molecule has 0 atom stereocenters. The van der Waals surface area contributed by atoms with E-state index >= 15 is 0 Å². The number of unbranched alkanes of at least 4 members (excludes halogenated alkanes) is 1. The number of hydrogen-bond donors (Lipinski definition) is 2. The van der Waals surface area contributed by atoms with Crippen molar-refractivity contribution in [2.24, 2.45) is 0 Å². The summed E-state index contributed by atoms with van der Waals surface area (Å²) in [5.41, 5.74) is 2.94. The van der Waals surface area contributed by atoms with Crippen molar-refractivity contribution >= 4 is 33.0 Å². The van der Waals surface area contributed by atoms with E-state index in [1.165, 1.54) is 0 Å². The monoisotopic (exact) mass is 431 g/mol. The first-order valence-corrected chi connectivity index (χ1v) is 12.0. The van der Waals surface area contributed by atoms with Gasteiger partial charge in [-0.25, -0.2) is 13.1 Å². The molecule has 2 aromatic rings. The number of carbonyl (C=O) groups is 1. The molecule has 0 aliphatic carbocycles. The van der Waals surface area contributed by atoms with Gasteiger partial charge in [0.2, 0.25) is 15.9 Å². The maximum absolute atomic E-state index is 12.2. The highest BCUT2D eigenvalue weighted by molar-refractivity contribution is 7.90. The predicted octanol–water partition coefficient (Wildman–Crippen LogP) is 4.67. The van der Waals surface area contributed by atoms with Crippen LogP contribution in [-0.4, -0.2) is 32.2 Å². The number of nitrogens with one attached hydrogen (secondary N) is 2. The van der Waals surface area contributed by atoms with Crippen LogP contribution >= 0.6 is 0 Å². The highest BCUT2D eigenvalue weighted by Crippen LogP contribution is 2.28. The Kier molecular flexibility index (Phi) is 8.87. The number of nitrogens with zero attached hydrogens (tertiary/aromatic N) is 1. The van der Waals surface area contributed by atoms with E-state index in [4.69, 9.17) is 0 Å². The zero-order valence-electron chi connectivity index (χ0n) is 18.3. The Bertz CT molecular complexity index is 895. The van der Waals surface area contributed by atoms with Crippen LogP contribution in [0.5, 0.6) is 0 Å². The van der Waals surface area contributed by atoms with Crippen LogP contribution < -0.4 is 14.9 Å². The molecular formula is C23H33N3O3S. The number of amides is 1. The highest BCUT2D eigenvalue weighted by Gasteiger charge is 2.15. The quantitative estimate of drug-likeness (QED) is 0.507. The second-order valence-electron chi connectivity index (χ2n) is 7.84. The third kappa shape index (κ3) is 7.15. The molecule has 0 unspecified atom stereocenters. The molecular weight excluding hydrogens is 398 g/mol. The predicted molar refractivity (Wildman–Crippen MR) is 125 cm³/mol. The largest absolute Gasteiger partial charge is 0.339 e. The molecule has 0 bridgehead atoms. The fourth-order valence-electron chi connectivity index (χ4n) is 3.05. The van der Waals surface area contributed by atoms with Crippen molar-refractivity contribution in [3.05, 3.63) is 54.6 Å². The summed E-state index contributed by atoms with van der Waals surface area (Å²) in [4.78, 5) is 14.4. The Labute approximate surface area is 180 Å². The lowest BCUT2D eigenvalue weighted by atomic mass is 10.1. The summed E-state index contributed by atoms with van der Waals surface area (Å²) < 4.78 is 25.9. The number of rotatable bonds is 11. The van der Waals surface area contributed by atoms with Crippen LogP contribution in [0.2, 0.25) is 0 Å². The van der Waals surface area contributed by atoms with E-state index in [1.54, 1.807) is 13.8 Å². The van der Waals surface area contributed by atoms with Gasteiger partial charge in [0.05, 0.1) is 5.25 Å². The fourth-order valence-corrected chi connectivity index (χ4v) is 3.82. The normalized spacial score (nSPS) is 11.7. The van der Waals surface area contributed by atoms with E-state index in [2.05, 4.69) is 40.9 Å². The number of anilines is 3. The standard InChI is InChI=1S/C23H33N3O3S/c1-18(2)26(21-10-6-5-7-11-21)22-15-13-20(14-16-22)25-23(27)12-8-9-17-24-30(28,29)19(3)4/h5-7,10-11,13-16,18-19,24H,8-9,12,17H2,1-4H3,(H,25,27). The maximum atomic E-state index is 12.2. The minimum atomic E-state index is -3.24. The summed E-state index contributed by atoms with van der Waals surface area (Å²) in [6.07, 6.45) is 1.60. The van der Waals surface area contributed by atoms with Crippen molar-refractivity contribution in [3.63, 3.8) is 0 Å². The molecule has 0 saturated heterocycles. The minimum absolute atomic E-state index is 0.0711. The third-order valence-corrected chi connectivity index (χ3v) is 6.58. The summed E-state index contributed by atoms with van der Waals surface area (Å²) in [6, 6.07) is 18.3. The Morgan fingerprint density at radius 3 is 2.07 bits per heavy atom. The van der Waals surface area contributed by atoms with Crippen molar-refractivity contribution in [1.29, 1.82) is 0 Å². The lowest BCUT2D eigenvalue weighted by Gasteiger charge is -2.29. The molecule has 1 amide bonds. The van der Waals surface area contributed by atoms with Gasteiger partial charge in [-0.3, -0.25) is 4.79 Å². The van der Waals surface area contributed by atoms with Gasteiger partial charge in [0.1, 0.15) is 0 Å². The van der Waals surface area contributed by atoms with E-state index < -0.39 is 15.3 Å². The second kappa shape index (κ2) is 11.1. The van der Waals surface area contributed by atoms with Crippen LogP contribution in [0.3, 0.4) is 0 Å². The van der Waals surface area contributed by atoms with Gasteiger partial charge in [0.15, 0.2) is 0 Å². The molecule has 0 saturated carbocycles. The topological polar surface area (TPSA) is 78.5 Å². The molecule has 6 nitrogen and oxygen atoms in total. The van der Waals surface area contributed by atoms with Gasteiger partial charge in [0, 0.05) is 36.1 Å². The van der Waals surface area contributed by atoms with Crippen molar-refractivity contribution in [2.75, 3.05) is 16.8 Å². The van der Waals surface area contributed by atoms with E-state index in [0.29, 0.717) is 31.8 Å². The van der Waals surface area contributed by atoms with Gasteiger partial charge in [-0.2, -0.15) is 0 Å². The number of para-hydroxylation sites is 1. The number of sulfonamides is 1. The molecule has 2 rings (SSSR count). The van der Waals surface area contributed by atoms with Crippen molar-refractivity contribution in [2.45, 2.75) is 58.2 Å². The first-order chi connectivity index (χ1) is 14.2. The molecule has 0 spiro atoms. The van der Waals surface area contributed by atoms with Crippen molar-refractivity contribution < 1.29 is 13.2 Å². The third-order valence-electron chi connectivity index (χ3n) is 4.73. The SMILES string of the molecule is CC(C)N(c1ccccc1)c1ccc(NC(=O)CCCCNS(=O)(=O)C(C)C)cc1. The first kappa shape index (κ1) is 23.9. The summed E-state index contributed by atoms with van der Waals surface area (Å²) in [5.74, 6) is -0.0711. The Morgan fingerprint density at radius 1 is 0.900 bits per heavy atom. The van der Waals surface area contributed by atoms with Crippen molar-refractivity contribution in [3.8, 4) is 0 Å². The smallest absolute Gasteiger partial charge is 0.224 e. The van der Waals surface area contributed by atoms with Gasteiger partial charge in [-0.1, -0.05) is 18.2 Å². The average molecular weight is 432 g/mol. The summed E-state index contributed by atoms with van der Waals surface area (Å²) in [6.45, 7) is 7.92.